The molecule has 0 bridgehead atoms. The van der Waals surface area contributed by atoms with Gasteiger partial charge in [0.05, 0.1) is 39.6 Å². The first-order chi connectivity index (χ1) is 7.74. The summed E-state index contributed by atoms with van der Waals surface area (Å²) in [6, 6.07) is 0. The van der Waals surface area contributed by atoms with E-state index in [0.717, 1.165) is 0 Å². The molecule has 0 aromatic heterocycles. The molecule has 0 fully saturated rings. The summed E-state index contributed by atoms with van der Waals surface area (Å²) < 4.78 is 0. The Hall–Kier alpha value is -0.760. The van der Waals surface area contributed by atoms with E-state index in [1.807, 2.05) is 0 Å². The zero-order chi connectivity index (χ0) is 14.2. The van der Waals surface area contributed by atoms with E-state index in [2.05, 4.69) is 26.3 Å². The van der Waals surface area contributed by atoms with Crippen LogP contribution in [0.15, 0.2) is 26.3 Å². The van der Waals surface area contributed by atoms with Gasteiger partial charge in [-0.25, -0.2) is 0 Å². The van der Waals surface area contributed by atoms with Crippen LogP contribution in [0.1, 0.15) is 0 Å². The topological polar surface area (TPSA) is 121 Å². The van der Waals surface area contributed by atoms with E-state index in [0.29, 0.717) is 0 Å². The SMILES string of the molecule is C=C.C=C.OCCO.OCCO.OCCO. The van der Waals surface area contributed by atoms with Crippen LogP contribution in [-0.2, 0) is 0 Å². The molecule has 6 heteroatoms. The van der Waals surface area contributed by atoms with Crippen molar-refractivity contribution in [2.45, 2.75) is 0 Å². The Morgan fingerprint density at radius 3 is 0.438 bits per heavy atom. The summed E-state index contributed by atoms with van der Waals surface area (Å²) in [7, 11) is 0. The van der Waals surface area contributed by atoms with Crippen molar-refractivity contribution < 1.29 is 30.6 Å². The number of aliphatic hydroxyl groups excluding tert-OH is 6. The lowest BCUT2D eigenvalue weighted by molar-refractivity contribution is 0.186. The van der Waals surface area contributed by atoms with Gasteiger partial charge in [-0.15, -0.1) is 26.3 Å². The molecule has 0 spiro atoms. The molecule has 0 aliphatic carbocycles. The minimum atomic E-state index is -0.125. The second-order valence-electron chi connectivity index (χ2n) is 1.34. The summed E-state index contributed by atoms with van der Waals surface area (Å²) in [6.45, 7) is 11.2. The van der Waals surface area contributed by atoms with Crippen molar-refractivity contribution in [2.75, 3.05) is 39.6 Å². The van der Waals surface area contributed by atoms with Gasteiger partial charge in [-0.05, 0) is 0 Å². The molecule has 0 saturated heterocycles. The molecule has 0 saturated carbocycles. The van der Waals surface area contributed by atoms with Crippen LogP contribution in [-0.4, -0.2) is 70.3 Å². The smallest absolute Gasteiger partial charge is 0.0662 e. The van der Waals surface area contributed by atoms with Gasteiger partial charge in [0.15, 0.2) is 0 Å². The van der Waals surface area contributed by atoms with Gasteiger partial charge in [-0.1, -0.05) is 0 Å². The summed E-state index contributed by atoms with van der Waals surface area (Å²) >= 11 is 0. The fourth-order valence-corrected chi connectivity index (χ4v) is 0. The van der Waals surface area contributed by atoms with Gasteiger partial charge in [0.2, 0.25) is 0 Å². The number of rotatable bonds is 3. The first-order valence-corrected chi connectivity index (χ1v) is 4.40. The molecule has 0 heterocycles. The van der Waals surface area contributed by atoms with Crippen molar-refractivity contribution in [3.8, 4) is 0 Å². The standard InChI is InChI=1S/3C2H6O2.2C2H4/c3*3-1-2-4;2*1-2/h3*3-4H,1-2H2;2*1-2H2. The van der Waals surface area contributed by atoms with Crippen molar-refractivity contribution in [2.24, 2.45) is 0 Å². The fraction of sp³-hybridized carbons (Fsp3) is 0.600. The average molecular weight is 242 g/mol. The lowest BCUT2D eigenvalue weighted by atomic mass is 10.8. The van der Waals surface area contributed by atoms with Crippen LogP contribution in [0.5, 0.6) is 0 Å². The molecule has 0 amide bonds. The third kappa shape index (κ3) is 395. The average Bonchev–Trinajstić information content (AvgIpc) is 2.43. The van der Waals surface area contributed by atoms with Gasteiger partial charge in [0.25, 0.3) is 0 Å². The molecule has 0 aliphatic heterocycles. The Kier molecular flexibility index (Phi) is 167. The molecule has 0 aromatic carbocycles. The summed E-state index contributed by atoms with van der Waals surface area (Å²) in [4.78, 5) is 0. The molecule has 0 unspecified atom stereocenters. The number of hydrogen-bond donors (Lipinski definition) is 6. The third-order valence-electron chi connectivity index (χ3n) is 0.300. The van der Waals surface area contributed by atoms with Crippen LogP contribution >= 0.6 is 0 Å². The fourth-order valence-electron chi connectivity index (χ4n) is 0. The largest absolute Gasteiger partial charge is 0.394 e. The van der Waals surface area contributed by atoms with Crippen LogP contribution in [0.3, 0.4) is 0 Å². The molecular formula is C10H26O6. The Balaban J connectivity index is -0.0000000327. The lowest BCUT2D eigenvalue weighted by Gasteiger charge is -1.70. The molecular weight excluding hydrogens is 216 g/mol. The third-order valence-corrected chi connectivity index (χ3v) is 0.300. The normalized spacial score (nSPS) is 6.12. The Morgan fingerprint density at radius 2 is 0.438 bits per heavy atom. The molecule has 16 heavy (non-hydrogen) atoms. The highest BCUT2D eigenvalue weighted by molar-refractivity contribution is 4.22. The van der Waals surface area contributed by atoms with Crippen LogP contribution in [0.4, 0.5) is 0 Å². The number of aliphatic hydroxyl groups is 6. The molecule has 0 aromatic rings. The van der Waals surface area contributed by atoms with Gasteiger partial charge >= 0.3 is 0 Å². The Labute approximate surface area is 97.4 Å². The lowest BCUT2D eigenvalue weighted by Crippen LogP contribution is -1.85. The molecule has 0 atom stereocenters. The summed E-state index contributed by atoms with van der Waals surface area (Å²) in [6.07, 6.45) is 0. The van der Waals surface area contributed by atoms with E-state index in [-0.39, 0.29) is 39.6 Å². The van der Waals surface area contributed by atoms with Crippen molar-refractivity contribution in [1.82, 2.24) is 0 Å². The second-order valence-corrected chi connectivity index (χ2v) is 1.34. The minimum absolute atomic E-state index is 0.125. The van der Waals surface area contributed by atoms with Gasteiger partial charge in [-0.3, -0.25) is 0 Å². The van der Waals surface area contributed by atoms with Crippen molar-refractivity contribution >= 4 is 0 Å². The van der Waals surface area contributed by atoms with Crippen molar-refractivity contribution in [1.29, 1.82) is 0 Å². The maximum absolute atomic E-state index is 7.62. The zero-order valence-electron chi connectivity index (χ0n) is 9.75. The number of hydrogen-bond acceptors (Lipinski definition) is 6. The van der Waals surface area contributed by atoms with Crippen molar-refractivity contribution in [3.63, 3.8) is 0 Å². The summed E-state index contributed by atoms with van der Waals surface area (Å²) in [5, 5.41) is 45.8. The molecule has 0 aliphatic rings. The quantitative estimate of drug-likeness (QED) is 0.336. The second kappa shape index (κ2) is 90.9. The predicted octanol–water partition coefficient (Wildman–Crippen LogP) is -1.48. The van der Waals surface area contributed by atoms with E-state index in [9.17, 15) is 0 Å². The maximum Gasteiger partial charge on any atom is 0.0662 e. The monoisotopic (exact) mass is 242 g/mol. The summed E-state index contributed by atoms with van der Waals surface area (Å²) in [5.74, 6) is 0. The van der Waals surface area contributed by atoms with Crippen LogP contribution < -0.4 is 0 Å². The summed E-state index contributed by atoms with van der Waals surface area (Å²) in [5.41, 5.74) is 0. The van der Waals surface area contributed by atoms with E-state index >= 15 is 0 Å². The van der Waals surface area contributed by atoms with E-state index in [1.54, 1.807) is 0 Å². The highest BCUT2D eigenvalue weighted by Crippen LogP contribution is 1.40. The van der Waals surface area contributed by atoms with E-state index < -0.39 is 0 Å². The van der Waals surface area contributed by atoms with Gasteiger partial charge in [0.1, 0.15) is 0 Å². The van der Waals surface area contributed by atoms with Crippen molar-refractivity contribution in [3.05, 3.63) is 26.3 Å². The highest BCUT2D eigenvalue weighted by atomic mass is 16.3. The molecule has 6 N–H and O–H groups in total. The van der Waals surface area contributed by atoms with Gasteiger partial charge < -0.3 is 30.6 Å². The van der Waals surface area contributed by atoms with Crippen LogP contribution in [0, 0.1) is 0 Å². The first kappa shape index (κ1) is 29.5. The predicted molar refractivity (Wildman–Crippen MR) is 65.0 cm³/mol. The van der Waals surface area contributed by atoms with E-state index in [4.69, 9.17) is 30.6 Å². The molecule has 0 rings (SSSR count). The molecule has 102 valence electrons. The minimum Gasteiger partial charge on any atom is -0.394 e. The van der Waals surface area contributed by atoms with E-state index in [1.165, 1.54) is 0 Å². The Morgan fingerprint density at radius 1 is 0.375 bits per heavy atom. The molecule has 0 radical (unpaired) electrons. The zero-order valence-corrected chi connectivity index (χ0v) is 9.75. The van der Waals surface area contributed by atoms with Crippen LogP contribution in [0.25, 0.3) is 0 Å². The molecule has 6 nitrogen and oxygen atoms in total. The maximum atomic E-state index is 7.62. The van der Waals surface area contributed by atoms with Crippen LogP contribution in [0.2, 0.25) is 0 Å². The van der Waals surface area contributed by atoms with Gasteiger partial charge in [-0.2, -0.15) is 0 Å². The highest BCUT2D eigenvalue weighted by Gasteiger charge is 1.58. The van der Waals surface area contributed by atoms with Gasteiger partial charge in [0, 0.05) is 0 Å². The first-order valence-electron chi connectivity index (χ1n) is 4.40. The Bertz CT molecular complexity index is 45.8.